The van der Waals surface area contributed by atoms with Gasteiger partial charge in [-0.25, -0.2) is 9.59 Å². The zero-order valence-electron chi connectivity index (χ0n) is 22.4. The van der Waals surface area contributed by atoms with Crippen LogP contribution in [-0.4, -0.2) is 75.2 Å². The number of carbonyl (C=O) groups is 2. The predicted molar refractivity (Wildman–Crippen MR) is 136 cm³/mol. The number of anilines is 1. The molecule has 2 unspecified atom stereocenters. The minimum atomic E-state index is -4.23. The van der Waals surface area contributed by atoms with E-state index in [-0.39, 0.29) is 47.6 Å². The topological polar surface area (TPSA) is 112 Å². The third-order valence-electron chi connectivity index (χ3n) is 6.59. The maximum absolute atomic E-state index is 14.5. The van der Waals surface area contributed by atoms with Gasteiger partial charge in [0.25, 0.3) is 6.01 Å². The summed E-state index contributed by atoms with van der Waals surface area (Å²) in [6.45, 7) is 7.53. The summed E-state index contributed by atoms with van der Waals surface area (Å²) in [5, 5.41) is 4.40. The van der Waals surface area contributed by atoms with E-state index in [9.17, 15) is 18.4 Å². The van der Waals surface area contributed by atoms with Crippen molar-refractivity contribution in [3.05, 3.63) is 24.4 Å². The molecule has 2 saturated heterocycles. The Morgan fingerprint density at radius 3 is 2.41 bits per heavy atom. The molecule has 210 valence electrons. The fourth-order valence-electron chi connectivity index (χ4n) is 5.02. The Labute approximate surface area is 223 Å². The molecule has 0 aliphatic carbocycles. The minimum absolute atomic E-state index is 0.0130. The van der Waals surface area contributed by atoms with Crippen molar-refractivity contribution in [3.8, 4) is 17.0 Å². The number of esters is 1. The molecule has 11 nitrogen and oxygen atoms in total. The van der Waals surface area contributed by atoms with Gasteiger partial charge < -0.3 is 23.5 Å². The van der Waals surface area contributed by atoms with E-state index < -0.39 is 17.7 Å². The standard InChI is InChI=1S/C26H31F2N5O6/c1-6-36-22(34)26(27,28)38-19-10-9-17(18-11-12-31(5)30-18)21-20(19)29-23(37-21)32-13-15-7-8-16(14-32)33(15)24(35)39-25(2,3)4/h9-12,15-16H,6-8,13-14H2,1-5H3. The zero-order valence-corrected chi connectivity index (χ0v) is 22.4. The summed E-state index contributed by atoms with van der Waals surface area (Å²) in [6.07, 6.45) is -1.26. The molecule has 2 fully saturated rings. The molecule has 0 spiro atoms. The third kappa shape index (κ3) is 5.21. The van der Waals surface area contributed by atoms with Crippen LogP contribution in [-0.2, 0) is 21.3 Å². The summed E-state index contributed by atoms with van der Waals surface area (Å²) in [7, 11) is 1.75. The van der Waals surface area contributed by atoms with Crippen LogP contribution < -0.4 is 9.64 Å². The van der Waals surface area contributed by atoms with Crippen molar-refractivity contribution in [1.29, 1.82) is 0 Å². The largest absolute Gasteiger partial charge is 0.502 e. The lowest BCUT2D eigenvalue weighted by atomic mass is 10.1. The summed E-state index contributed by atoms with van der Waals surface area (Å²) in [6, 6.07) is 4.54. The van der Waals surface area contributed by atoms with Crippen LogP contribution in [0.5, 0.6) is 5.75 Å². The zero-order chi connectivity index (χ0) is 28.1. The van der Waals surface area contributed by atoms with Crippen LogP contribution in [0.2, 0.25) is 0 Å². The molecule has 3 aromatic rings. The van der Waals surface area contributed by atoms with E-state index in [1.54, 1.807) is 28.9 Å². The number of hydrogen-bond acceptors (Lipinski definition) is 9. The number of ether oxygens (including phenoxy) is 3. The minimum Gasteiger partial charge on any atom is -0.459 e. The normalized spacial score (nSPS) is 19.5. The van der Waals surface area contributed by atoms with E-state index in [0.717, 1.165) is 12.8 Å². The average Bonchev–Trinajstić information content (AvgIpc) is 3.54. The van der Waals surface area contributed by atoms with Crippen LogP contribution >= 0.6 is 0 Å². The Bertz CT molecular complexity index is 1380. The van der Waals surface area contributed by atoms with Gasteiger partial charge in [0.15, 0.2) is 16.8 Å². The highest BCUT2D eigenvalue weighted by atomic mass is 19.3. The summed E-state index contributed by atoms with van der Waals surface area (Å²) in [4.78, 5) is 32.8. The molecule has 2 bridgehead atoms. The number of carbonyl (C=O) groups excluding carboxylic acids is 2. The van der Waals surface area contributed by atoms with Gasteiger partial charge in [-0.05, 0) is 58.7 Å². The maximum Gasteiger partial charge on any atom is 0.502 e. The highest BCUT2D eigenvalue weighted by Crippen LogP contribution is 2.40. The van der Waals surface area contributed by atoms with Crippen molar-refractivity contribution in [2.45, 2.75) is 64.3 Å². The molecule has 5 rings (SSSR count). The number of oxazole rings is 1. The molecule has 1 aromatic carbocycles. The second-order valence-electron chi connectivity index (χ2n) is 10.7. The molecule has 2 aliphatic heterocycles. The van der Waals surface area contributed by atoms with Gasteiger partial charge in [-0.2, -0.15) is 18.9 Å². The third-order valence-corrected chi connectivity index (χ3v) is 6.59. The van der Waals surface area contributed by atoms with Gasteiger partial charge in [-0.1, -0.05) is 0 Å². The molecule has 2 aromatic heterocycles. The highest BCUT2D eigenvalue weighted by Gasteiger charge is 2.47. The van der Waals surface area contributed by atoms with Crippen molar-refractivity contribution in [1.82, 2.24) is 19.7 Å². The molecule has 2 aliphatic rings. The van der Waals surface area contributed by atoms with Crippen LogP contribution in [0.4, 0.5) is 19.6 Å². The fraction of sp³-hybridized carbons (Fsp3) is 0.538. The molecule has 2 atom stereocenters. The number of piperazine rings is 1. The van der Waals surface area contributed by atoms with Gasteiger partial charge in [-0.3, -0.25) is 9.58 Å². The van der Waals surface area contributed by atoms with Crippen LogP contribution in [0.3, 0.4) is 0 Å². The van der Waals surface area contributed by atoms with Gasteiger partial charge >= 0.3 is 18.2 Å². The molecule has 1 amide bonds. The molecule has 39 heavy (non-hydrogen) atoms. The first kappa shape index (κ1) is 26.7. The van der Waals surface area contributed by atoms with E-state index in [1.165, 1.54) is 19.1 Å². The van der Waals surface area contributed by atoms with Crippen molar-refractivity contribution >= 4 is 29.2 Å². The lowest BCUT2D eigenvalue weighted by Gasteiger charge is -2.40. The molecule has 13 heteroatoms. The van der Waals surface area contributed by atoms with Crippen LogP contribution in [0.15, 0.2) is 28.8 Å². The van der Waals surface area contributed by atoms with E-state index in [0.29, 0.717) is 24.3 Å². The van der Waals surface area contributed by atoms with E-state index in [2.05, 4.69) is 14.8 Å². The number of hydrogen-bond donors (Lipinski definition) is 0. The lowest BCUT2D eigenvalue weighted by Crippen LogP contribution is -2.56. The number of rotatable bonds is 6. The van der Waals surface area contributed by atoms with Crippen molar-refractivity contribution in [3.63, 3.8) is 0 Å². The second kappa shape index (κ2) is 9.69. The fourth-order valence-corrected chi connectivity index (χ4v) is 5.02. The molecule has 0 saturated carbocycles. The van der Waals surface area contributed by atoms with Crippen molar-refractivity contribution in [2.75, 3.05) is 24.6 Å². The summed E-state index contributed by atoms with van der Waals surface area (Å²) in [5.74, 6) is -2.14. The Morgan fingerprint density at radius 2 is 1.82 bits per heavy atom. The average molecular weight is 548 g/mol. The molecular formula is C26H31F2N5O6. The van der Waals surface area contributed by atoms with E-state index in [4.69, 9.17) is 13.9 Å². The number of benzene rings is 1. The Morgan fingerprint density at radius 1 is 1.13 bits per heavy atom. The second-order valence-corrected chi connectivity index (χ2v) is 10.7. The Hall–Kier alpha value is -3.90. The number of amides is 1. The van der Waals surface area contributed by atoms with Gasteiger partial charge in [0.1, 0.15) is 5.60 Å². The van der Waals surface area contributed by atoms with Crippen molar-refractivity contribution < 1.29 is 37.0 Å². The molecular weight excluding hydrogens is 516 g/mol. The Kier molecular flexibility index (Phi) is 6.63. The number of halogens is 2. The number of aryl methyl sites for hydroxylation is 1. The van der Waals surface area contributed by atoms with E-state index in [1.807, 2.05) is 25.7 Å². The Balaban J connectivity index is 1.49. The molecule has 0 N–H and O–H groups in total. The SMILES string of the molecule is CCOC(=O)C(F)(F)Oc1ccc(-c2ccn(C)n2)c2oc(N3CC4CCC(C3)N4C(=O)OC(C)(C)C)nc12. The first-order valence-electron chi connectivity index (χ1n) is 12.8. The smallest absolute Gasteiger partial charge is 0.459 e. The maximum atomic E-state index is 14.5. The molecule has 0 radical (unpaired) electrons. The number of alkyl halides is 2. The summed E-state index contributed by atoms with van der Waals surface area (Å²) in [5.41, 5.74) is 0.648. The first-order chi connectivity index (χ1) is 18.4. The quantitative estimate of drug-likeness (QED) is 0.416. The van der Waals surface area contributed by atoms with Crippen LogP contribution in [0, 0.1) is 0 Å². The van der Waals surface area contributed by atoms with Crippen molar-refractivity contribution in [2.24, 2.45) is 7.05 Å². The van der Waals surface area contributed by atoms with Gasteiger partial charge in [-0.15, -0.1) is 0 Å². The van der Waals surface area contributed by atoms with Crippen LogP contribution in [0.25, 0.3) is 22.4 Å². The van der Waals surface area contributed by atoms with Crippen LogP contribution in [0.1, 0.15) is 40.5 Å². The van der Waals surface area contributed by atoms with E-state index >= 15 is 0 Å². The lowest BCUT2D eigenvalue weighted by molar-refractivity contribution is -0.216. The highest BCUT2D eigenvalue weighted by molar-refractivity contribution is 5.94. The summed E-state index contributed by atoms with van der Waals surface area (Å²) >= 11 is 0. The van der Waals surface area contributed by atoms with Gasteiger partial charge in [0.2, 0.25) is 0 Å². The number of nitrogens with zero attached hydrogens (tertiary/aromatic N) is 5. The number of aromatic nitrogens is 3. The predicted octanol–water partition coefficient (Wildman–Crippen LogP) is 4.35. The first-order valence-corrected chi connectivity index (χ1v) is 12.8. The number of fused-ring (bicyclic) bond motifs is 3. The monoisotopic (exact) mass is 547 g/mol. The summed E-state index contributed by atoms with van der Waals surface area (Å²) < 4.78 is 51.7. The molecule has 4 heterocycles. The van der Waals surface area contributed by atoms with Gasteiger partial charge in [0.05, 0.1) is 24.4 Å². The van der Waals surface area contributed by atoms with Gasteiger partial charge in [0, 0.05) is 31.9 Å².